The molecule has 0 aromatic carbocycles. The van der Waals surface area contributed by atoms with Gasteiger partial charge in [-0.15, -0.1) is 0 Å². The summed E-state index contributed by atoms with van der Waals surface area (Å²) < 4.78 is 16.0. The molecule has 7 heteroatoms. The van der Waals surface area contributed by atoms with Gasteiger partial charge in [0.1, 0.15) is 23.1 Å². The maximum Gasteiger partial charge on any atom is 0.228 e. The molecule has 0 bridgehead atoms. The highest BCUT2D eigenvalue weighted by molar-refractivity contribution is 5.79. The number of hydrogen-bond acceptors (Lipinski definition) is 6. The van der Waals surface area contributed by atoms with Crippen molar-refractivity contribution in [1.29, 1.82) is 0 Å². The number of ether oxygens (including phenoxy) is 2. The Labute approximate surface area is 117 Å². The normalized spacial score (nSPS) is 29.5. The van der Waals surface area contributed by atoms with Crippen molar-refractivity contribution in [2.24, 2.45) is 0 Å². The van der Waals surface area contributed by atoms with E-state index >= 15 is 0 Å². The van der Waals surface area contributed by atoms with Crippen LogP contribution in [-0.4, -0.2) is 59.6 Å². The molecule has 20 heavy (non-hydrogen) atoms. The molecule has 0 N–H and O–H groups in total. The molecule has 2 aliphatic rings. The van der Waals surface area contributed by atoms with Gasteiger partial charge >= 0.3 is 0 Å². The van der Waals surface area contributed by atoms with Gasteiger partial charge in [-0.3, -0.25) is 4.79 Å². The number of likely N-dealkylation sites (tertiary alicyclic amines) is 1. The maximum absolute atomic E-state index is 12.4. The number of carbonyl (C=O) groups excluding carboxylic acids is 1. The Balaban J connectivity index is 1.69. The number of hydrogen-bond donors (Lipinski definition) is 0. The lowest BCUT2D eigenvalue weighted by Gasteiger charge is -2.27. The van der Waals surface area contributed by atoms with E-state index in [0.717, 1.165) is 19.4 Å². The van der Waals surface area contributed by atoms with Crippen molar-refractivity contribution in [3.05, 3.63) is 11.4 Å². The number of aryl methyl sites for hydroxylation is 1. The summed E-state index contributed by atoms with van der Waals surface area (Å²) in [6, 6.07) is 0. The summed E-state index contributed by atoms with van der Waals surface area (Å²) in [5.41, 5.74) is 0.937. The number of aromatic nitrogens is 2. The van der Waals surface area contributed by atoms with E-state index in [1.165, 1.54) is 0 Å². The molecule has 3 rings (SSSR count). The van der Waals surface area contributed by atoms with Crippen LogP contribution >= 0.6 is 0 Å². The Hall–Kier alpha value is -1.47. The van der Waals surface area contributed by atoms with Crippen LogP contribution in [0.5, 0.6) is 0 Å². The molecular formula is C13H19N3O4. The van der Waals surface area contributed by atoms with Gasteiger partial charge in [-0.25, -0.2) is 4.63 Å². The van der Waals surface area contributed by atoms with Gasteiger partial charge in [0.15, 0.2) is 0 Å². The summed E-state index contributed by atoms with van der Waals surface area (Å²) in [6.07, 6.45) is 2.13. The molecule has 0 aliphatic carbocycles. The summed E-state index contributed by atoms with van der Waals surface area (Å²) in [7, 11) is 1.67. The smallest absolute Gasteiger partial charge is 0.228 e. The Morgan fingerprint density at radius 1 is 1.55 bits per heavy atom. The van der Waals surface area contributed by atoms with Crippen molar-refractivity contribution >= 4 is 5.91 Å². The van der Waals surface area contributed by atoms with E-state index in [-0.39, 0.29) is 24.0 Å². The standard InChI is InChI=1S/C13H19N3O4/c1-9-10(15-20-14-9)6-12(17)16-7-11(18-2)13(8-16)4-3-5-19-13/h11H,3-8H2,1-2H3/t11-,13-/m0/s1. The minimum Gasteiger partial charge on any atom is -0.377 e. The molecule has 7 nitrogen and oxygen atoms in total. The van der Waals surface area contributed by atoms with Crippen molar-refractivity contribution < 1.29 is 18.9 Å². The van der Waals surface area contributed by atoms with Gasteiger partial charge in [-0.1, -0.05) is 10.3 Å². The first-order valence-electron chi connectivity index (χ1n) is 6.87. The number of amides is 1. The van der Waals surface area contributed by atoms with Crippen LogP contribution in [0.1, 0.15) is 24.2 Å². The summed E-state index contributed by atoms with van der Waals surface area (Å²) >= 11 is 0. The third kappa shape index (κ3) is 2.20. The molecule has 3 heterocycles. The van der Waals surface area contributed by atoms with E-state index in [0.29, 0.717) is 24.5 Å². The molecule has 1 spiro atoms. The van der Waals surface area contributed by atoms with Gasteiger partial charge in [0.2, 0.25) is 5.91 Å². The Morgan fingerprint density at radius 3 is 3.00 bits per heavy atom. The van der Waals surface area contributed by atoms with Crippen molar-refractivity contribution in [3.63, 3.8) is 0 Å². The van der Waals surface area contributed by atoms with Gasteiger partial charge in [0.05, 0.1) is 13.0 Å². The van der Waals surface area contributed by atoms with Crippen LogP contribution in [0.2, 0.25) is 0 Å². The third-order valence-corrected chi connectivity index (χ3v) is 4.27. The van der Waals surface area contributed by atoms with Crippen molar-refractivity contribution in [2.45, 2.75) is 37.9 Å². The quantitative estimate of drug-likeness (QED) is 0.794. The maximum atomic E-state index is 12.4. The van der Waals surface area contributed by atoms with E-state index in [2.05, 4.69) is 14.9 Å². The highest BCUT2D eigenvalue weighted by Crippen LogP contribution is 2.36. The SMILES string of the molecule is CO[C@H]1CN(C(=O)Cc2nonc2C)C[C@@]12CCCO2. The summed E-state index contributed by atoms with van der Waals surface area (Å²) in [6.45, 7) is 3.69. The van der Waals surface area contributed by atoms with E-state index in [4.69, 9.17) is 9.47 Å². The van der Waals surface area contributed by atoms with Crippen LogP contribution in [0.4, 0.5) is 0 Å². The largest absolute Gasteiger partial charge is 0.377 e. The van der Waals surface area contributed by atoms with Gasteiger partial charge in [-0.05, 0) is 19.8 Å². The average Bonchev–Trinajstić information content (AvgIpc) is 3.14. The van der Waals surface area contributed by atoms with Crippen LogP contribution < -0.4 is 0 Å². The first kappa shape index (κ1) is 13.5. The van der Waals surface area contributed by atoms with E-state index < -0.39 is 0 Å². The lowest BCUT2D eigenvalue weighted by molar-refractivity contribution is -0.130. The average molecular weight is 281 g/mol. The molecule has 2 atom stereocenters. The minimum atomic E-state index is -0.318. The molecule has 1 aromatic heterocycles. The molecule has 2 fully saturated rings. The molecule has 1 aromatic rings. The zero-order valence-corrected chi connectivity index (χ0v) is 11.8. The second-order valence-electron chi connectivity index (χ2n) is 5.49. The van der Waals surface area contributed by atoms with Gasteiger partial charge in [0, 0.05) is 20.3 Å². The summed E-state index contributed by atoms with van der Waals surface area (Å²) in [5, 5.41) is 7.45. The van der Waals surface area contributed by atoms with Crippen molar-refractivity contribution in [1.82, 2.24) is 15.2 Å². The fourth-order valence-corrected chi connectivity index (χ4v) is 3.10. The highest BCUT2D eigenvalue weighted by Gasteiger charge is 2.51. The zero-order valence-electron chi connectivity index (χ0n) is 11.8. The van der Waals surface area contributed by atoms with Crippen LogP contribution in [0.3, 0.4) is 0 Å². The van der Waals surface area contributed by atoms with Crippen LogP contribution in [-0.2, 0) is 20.7 Å². The number of carbonyl (C=O) groups is 1. The van der Waals surface area contributed by atoms with Crippen molar-refractivity contribution in [2.75, 3.05) is 26.8 Å². The highest BCUT2D eigenvalue weighted by atomic mass is 16.6. The van der Waals surface area contributed by atoms with Crippen LogP contribution in [0.25, 0.3) is 0 Å². The van der Waals surface area contributed by atoms with E-state index in [9.17, 15) is 4.79 Å². The molecule has 1 amide bonds. The fourth-order valence-electron chi connectivity index (χ4n) is 3.10. The third-order valence-electron chi connectivity index (χ3n) is 4.27. The van der Waals surface area contributed by atoms with E-state index in [1.54, 1.807) is 18.9 Å². The predicted octanol–water partition coefficient (Wildman–Crippen LogP) is 0.327. The van der Waals surface area contributed by atoms with Crippen molar-refractivity contribution in [3.8, 4) is 0 Å². The molecule has 110 valence electrons. The van der Waals surface area contributed by atoms with Crippen LogP contribution in [0, 0.1) is 6.92 Å². The molecule has 0 unspecified atom stereocenters. The topological polar surface area (TPSA) is 77.7 Å². The van der Waals surface area contributed by atoms with Gasteiger partial charge in [0.25, 0.3) is 0 Å². The number of nitrogens with zero attached hydrogens (tertiary/aromatic N) is 3. The Bertz CT molecular complexity index is 496. The monoisotopic (exact) mass is 281 g/mol. The molecule has 2 aliphatic heterocycles. The molecule has 2 saturated heterocycles. The Morgan fingerprint density at radius 2 is 2.40 bits per heavy atom. The first-order chi connectivity index (χ1) is 9.64. The second kappa shape index (κ2) is 5.14. The fraction of sp³-hybridized carbons (Fsp3) is 0.769. The van der Waals surface area contributed by atoms with Crippen LogP contribution in [0.15, 0.2) is 4.63 Å². The van der Waals surface area contributed by atoms with E-state index in [1.807, 2.05) is 0 Å². The Kier molecular flexibility index (Phi) is 3.47. The minimum absolute atomic E-state index is 0.0122. The number of methoxy groups -OCH3 is 1. The number of rotatable bonds is 3. The van der Waals surface area contributed by atoms with Gasteiger partial charge in [-0.2, -0.15) is 0 Å². The molecule has 0 saturated carbocycles. The first-order valence-corrected chi connectivity index (χ1v) is 6.87. The lowest BCUT2D eigenvalue weighted by atomic mass is 9.96. The lowest BCUT2D eigenvalue weighted by Crippen LogP contribution is -2.42. The molecule has 0 radical (unpaired) electrons. The predicted molar refractivity (Wildman–Crippen MR) is 68.0 cm³/mol. The zero-order chi connectivity index (χ0) is 14.2. The summed E-state index contributed by atoms with van der Waals surface area (Å²) in [4.78, 5) is 14.2. The molecular weight excluding hydrogens is 262 g/mol. The van der Waals surface area contributed by atoms with Gasteiger partial charge < -0.3 is 14.4 Å². The summed E-state index contributed by atoms with van der Waals surface area (Å²) in [5.74, 6) is 0.0122. The second-order valence-corrected chi connectivity index (χ2v) is 5.49.